The zero-order valence-electron chi connectivity index (χ0n) is 22.2. The van der Waals surface area contributed by atoms with E-state index in [4.69, 9.17) is 13.9 Å². The van der Waals surface area contributed by atoms with Gasteiger partial charge in [-0.3, -0.25) is 4.79 Å². The van der Waals surface area contributed by atoms with Gasteiger partial charge >= 0.3 is 6.03 Å². The second-order valence-corrected chi connectivity index (χ2v) is 9.85. The van der Waals surface area contributed by atoms with E-state index < -0.39 is 0 Å². The molecule has 3 aromatic rings. The highest BCUT2D eigenvalue weighted by atomic mass is 16.5. The summed E-state index contributed by atoms with van der Waals surface area (Å²) in [4.78, 5) is 30.2. The van der Waals surface area contributed by atoms with Crippen LogP contribution in [0, 0.1) is 11.3 Å². The Morgan fingerprint density at radius 1 is 1.17 bits per heavy atom. The van der Waals surface area contributed by atoms with Gasteiger partial charge in [0.25, 0.3) is 5.91 Å². The Morgan fingerprint density at radius 2 is 1.98 bits per heavy atom. The first kappa shape index (κ1) is 26.2. The molecule has 206 valence electrons. The van der Waals surface area contributed by atoms with E-state index in [2.05, 4.69) is 33.3 Å². The fraction of sp³-hybridized carbons (Fsp3) is 0.290. The van der Waals surface area contributed by atoms with Gasteiger partial charge < -0.3 is 29.4 Å². The quantitative estimate of drug-likeness (QED) is 0.319. The number of fused-ring (bicyclic) bond motifs is 1. The molecule has 10 heteroatoms. The summed E-state index contributed by atoms with van der Waals surface area (Å²) in [5.41, 5.74) is 6.72. The summed E-state index contributed by atoms with van der Waals surface area (Å²) in [6, 6.07) is 16.5. The monoisotopic (exact) mass is 549 g/mol. The topological polar surface area (TPSA) is 129 Å². The molecule has 3 amide bonds. The smallest absolute Gasteiger partial charge is 0.317 e. The first-order valence-corrected chi connectivity index (χ1v) is 13.5. The number of amides is 3. The lowest BCUT2D eigenvalue weighted by atomic mass is 10.00. The zero-order chi connectivity index (χ0) is 28.2. The SMILES string of the molecule is N#Cc1cc(C2=C=C=Nc3cc(-c4ccc(C(=O)NCCN5CCNC5=O)cc4)oc32)ccc1OC1CCOCC1. The molecular weight excluding hydrogens is 522 g/mol. The van der Waals surface area contributed by atoms with Crippen LogP contribution in [0.4, 0.5) is 10.5 Å². The Hall–Kier alpha value is -5.06. The van der Waals surface area contributed by atoms with Crippen molar-refractivity contribution < 1.29 is 23.5 Å². The van der Waals surface area contributed by atoms with Crippen LogP contribution in [0.5, 0.6) is 5.75 Å². The van der Waals surface area contributed by atoms with Gasteiger partial charge in [-0.2, -0.15) is 10.3 Å². The van der Waals surface area contributed by atoms with Crippen molar-refractivity contribution in [2.24, 2.45) is 4.99 Å². The van der Waals surface area contributed by atoms with Crippen LogP contribution in [-0.4, -0.2) is 68.2 Å². The third-order valence-corrected chi connectivity index (χ3v) is 7.19. The maximum absolute atomic E-state index is 12.6. The van der Waals surface area contributed by atoms with Crippen LogP contribution in [0.3, 0.4) is 0 Å². The number of aliphatic imine (C=N–C) groups is 1. The zero-order valence-corrected chi connectivity index (χ0v) is 22.2. The molecule has 0 atom stereocenters. The third kappa shape index (κ3) is 5.65. The Labute approximate surface area is 236 Å². The molecule has 0 unspecified atom stereocenters. The third-order valence-electron chi connectivity index (χ3n) is 7.19. The van der Waals surface area contributed by atoms with Gasteiger partial charge in [0.15, 0.2) is 5.76 Å². The van der Waals surface area contributed by atoms with E-state index in [0.29, 0.717) is 79.1 Å². The number of furan rings is 1. The van der Waals surface area contributed by atoms with Crippen molar-refractivity contribution in [3.8, 4) is 23.1 Å². The number of hydrogen-bond acceptors (Lipinski definition) is 7. The van der Waals surface area contributed by atoms with Crippen LogP contribution in [0.1, 0.15) is 40.1 Å². The van der Waals surface area contributed by atoms with E-state index in [9.17, 15) is 14.9 Å². The molecule has 0 bridgehead atoms. The lowest BCUT2D eigenvalue weighted by molar-refractivity contribution is 0.0254. The highest BCUT2D eigenvalue weighted by Crippen LogP contribution is 2.39. The number of hydrogen-bond donors (Lipinski definition) is 2. The van der Waals surface area contributed by atoms with Crippen LogP contribution < -0.4 is 15.4 Å². The maximum Gasteiger partial charge on any atom is 0.317 e. The van der Waals surface area contributed by atoms with Gasteiger partial charge in [0.1, 0.15) is 29.4 Å². The number of nitrogens with one attached hydrogen (secondary N) is 2. The van der Waals surface area contributed by atoms with E-state index in [1.165, 1.54) is 0 Å². The van der Waals surface area contributed by atoms with Crippen LogP contribution in [0.25, 0.3) is 16.9 Å². The summed E-state index contributed by atoms with van der Waals surface area (Å²) in [7, 11) is 0. The van der Waals surface area contributed by atoms with Gasteiger partial charge in [-0.25, -0.2) is 4.79 Å². The summed E-state index contributed by atoms with van der Waals surface area (Å²) in [5, 5.41) is 15.4. The van der Waals surface area contributed by atoms with Crippen LogP contribution >= 0.6 is 0 Å². The normalized spacial score (nSPS) is 16.1. The molecule has 10 nitrogen and oxygen atoms in total. The molecule has 4 heterocycles. The lowest BCUT2D eigenvalue weighted by Gasteiger charge is -2.23. The summed E-state index contributed by atoms with van der Waals surface area (Å²) in [5.74, 6) is 4.23. The van der Waals surface area contributed by atoms with Crippen molar-refractivity contribution in [3.63, 3.8) is 0 Å². The number of ether oxygens (including phenoxy) is 2. The number of nitriles is 1. The number of nitrogens with zero attached hydrogens (tertiary/aromatic N) is 3. The second kappa shape index (κ2) is 11.6. The van der Waals surface area contributed by atoms with E-state index in [1.807, 2.05) is 24.3 Å². The van der Waals surface area contributed by atoms with Gasteiger partial charge in [-0.05, 0) is 41.6 Å². The van der Waals surface area contributed by atoms with Gasteiger partial charge in [0.05, 0.1) is 24.4 Å². The van der Waals surface area contributed by atoms with Crippen molar-refractivity contribution in [1.82, 2.24) is 15.5 Å². The van der Waals surface area contributed by atoms with Crippen LogP contribution in [0.15, 0.2) is 63.7 Å². The first-order valence-electron chi connectivity index (χ1n) is 13.5. The molecule has 0 saturated carbocycles. The molecular formula is C31H27N5O5. The molecule has 2 N–H and O–H groups in total. The minimum absolute atomic E-state index is 0.0254. The Balaban J connectivity index is 1.15. The standard InChI is InChI=1S/C31H27N5O5/c32-19-23-17-22(5-6-27(23)40-24-8-15-39-16-9-24)25-7-10-33-26-18-28(41-29(25)26)20-1-3-21(4-2-20)30(37)34-11-13-36-14-12-35-31(36)38/h1-6,17-18,24H,8-9,11-16H2,(H,34,37)(H,35,38). The predicted molar refractivity (Wildman–Crippen MR) is 150 cm³/mol. The predicted octanol–water partition coefficient (Wildman–Crippen LogP) is 4.03. The van der Waals surface area contributed by atoms with E-state index in [-0.39, 0.29) is 18.0 Å². The van der Waals surface area contributed by atoms with Crippen LogP contribution in [-0.2, 0) is 4.74 Å². The molecule has 2 aromatic carbocycles. The molecule has 0 radical (unpaired) electrons. The Bertz CT molecular complexity index is 1630. The van der Waals surface area contributed by atoms with Crippen molar-refractivity contribution in [2.75, 3.05) is 39.4 Å². The minimum atomic E-state index is -0.216. The molecule has 3 aliphatic heterocycles. The fourth-order valence-electron chi connectivity index (χ4n) is 4.96. The summed E-state index contributed by atoms with van der Waals surface area (Å²) in [6.45, 7) is 3.41. The van der Waals surface area contributed by atoms with E-state index in [0.717, 1.165) is 24.0 Å². The molecule has 2 saturated heterocycles. The summed E-state index contributed by atoms with van der Waals surface area (Å²) >= 11 is 0. The minimum Gasteiger partial charge on any atom is -0.489 e. The van der Waals surface area contributed by atoms with Gasteiger partial charge in [-0.15, -0.1) is 0 Å². The van der Waals surface area contributed by atoms with Crippen molar-refractivity contribution >= 4 is 29.1 Å². The average molecular weight is 550 g/mol. The first-order chi connectivity index (χ1) is 20.1. The number of urea groups is 1. The van der Waals surface area contributed by atoms with Gasteiger partial charge in [-0.1, -0.05) is 12.1 Å². The molecule has 3 aliphatic rings. The largest absolute Gasteiger partial charge is 0.489 e. The van der Waals surface area contributed by atoms with Crippen LogP contribution in [0.2, 0.25) is 0 Å². The molecule has 41 heavy (non-hydrogen) atoms. The fourth-order valence-corrected chi connectivity index (χ4v) is 4.96. The second-order valence-electron chi connectivity index (χ2n) is 9.85. The van der Waals surface area contributed by atoms with Crippen molar-refractivity contribution in [1.29, 1.82) is 5.26 Å². The highest BCUT2D eigenvalue weighted by molar-refractivity contribution is 5.95. The lowest BCUT2D eigenvalue weighted by Crippen LogP contribution is -2.36. The molecule has 0 aliphatic carbocycles. The van der Waals surface area contributed by atoms with E-state index in [1.54, 1.807) is 29.2 Å². The Morgan fingerprint density at radius 3 is 2.73 bits per heavy atom. The molecule has 6 rings (SSSR count). The number of benzene rings is 2. The Kier molecular flexibility index (Phi) is 7.40. The van der Waals surface area contributed by atoms with Gasteiger partial charge in [0.2, 0.25) is 0 Å². The maximum atomic E-state index is 12.6. The highest BCUT2D eigenvalue weighted by Gasteiger charge is 2.23. The molecule has 0 spiro atoms. The molecule has 1 aromatic heterocycles. The number of rotatable bonds is 8. The summed E-state index contributed by atoms with van der Waals surface area (Å²) < 4.78 is 17.7. The van der Waals surface area contributed by atoms with Crippen molar-refractivity contribution in [2.45, 2.75) is 18.9 Å². The number of carbonyl (C=O) groups is 2. The number of carbonyl (C=O) groups excluding carboxylic acids is 2. The van der Waals surface area contributed by atoms with Gasteiger partial charge in [0, 0.05) is 62.1 Å². The molecule has 2 fully saturated rings. The van der Waals surface area contributed by atoms with E-state index >= 15 is 0 Å². The summed E-state index contributed by atoms with van der Waals surface area (Å²) in [6.07, 6.45) is 1.61. The average Bonchev–Trinajstić information content (AvgIpc) is 3.64. The van der Waals surface area contributed by atoms with Crippen molar-refractivity contribution in [3.05, 3.63) is 76.7 Å².